The van der Waals surface area contributed by atoms with Gasteiger partial charge >= 0.3 is 11.6 Å². The number of aliphatic carboxylic acids is 1. The number of nitrogens with zero attached hydrogens (tertiary/aromatic N) is 3. The molecule has 1 aliphatic heterocycles. The minimum Gasteiger partial charge on any atom is -0.481 e. The van der Waals surface area contributed by atoms with Crippen molar-refractivity contribution in [3.63, 3.8) is 0 Å². The minimum atomic E-state index is -4.42. The molecule has 1 unspecified atom stereocenters. The van der Waals surface area contributed by atoms with Crippen LogP contribution in [0.1, 0.15) is 17.5 Å². The average molecular weight is 438 g/mol. The third-order valence-corrected chi connectivity index (χ3v) is 5.14. The van der Waals surface area contributed by atoms with Gasteiger partial charge in [-0.05, 0) is 24.1 Å². The van der Waals surface area contributed by atoms with Crippen LogP contribution in [0.3, 0.4) is 0 Å². The van der Waals surface area contributed by atoms with E-state index in [2.05, 4.69) is 10.0 Å². The standard InChI is InChI=1S/C12H9N3O4.C4H5NO5S/c1-6-8-3-2-7(14-15-13)4-10(8)19-12(18)9(6)5-11(16)17;6-3-1-2(4(7)5-3)11(8,9)10/h2-4H,5H2,1H3,(H,16,17);2H,1H2,(H,5,6,7)(H,8,9,10). The molecule has 0 spiro atoms. The van der Waals surface area contributed by atoms with Crippen LogP contribution in [0.25, 0.3) is 21.4 Å². The summed E-state index contributed by atoms with van der Waals surface area (Å²) in [7, 11) is -4.42. The molecule has 14 heteroatoms. The van der Waals surface area contributed by atoms with Crippen LogP contribution >= 0.6 is 0 Å². The van der Waals surface area contributed by atoms with E-state index in [-0.39, 0.29) is 17.6 Å². The first-order chi connectivity index (χ1) is 13.9. The first kappa shape index (κ1) is 22.5. The molecule has 0 radical (unpaired) electrons. The second-order valence-electron chi connectivity index (χ2n) is 6.05. The summed E-state index contributed by atoms with van der Waals surface area (Å²) < 4.78 is 34.1. The van der Waals surface area contributed by atoms with Crippen LogP contribution in [0.4, 0.5) is 5.69 Å². The number of aryl methyl sites for hydroxylation is 1. The Morgan fingerprint density at radius 2 is 2.03 bits per heavy atom. The van der Waals surface area contributed by atoms with E-state index >= 15 is 0 Å². The normalized spacial score (nSPS) is 15.7. The van der Waals surface area contributed by atoms with Gasteiger partial charge in [0.15, 0.2) is 5.25 Å². The molecule has 1 atom stereocenters. The van der Waals surface area contributed by atoms with Gasteiger partial charge in [-0.1, -0.05) is 17.2 Å². The van der Waals surface area contributed by atoms with Crippen LogP contribution in [0.2, 0.25) is 0 Å². The number of carbonyl (C=O) groups excluding carboxylic acids is 2. The number of azide groups is 1. The van der Waals surface area contributed by atoms with E-state index in [4.69, 9.17) is 19.6 Å². The number of rotatable bonds is 4. The smallest absolute Gasteiger partial charge is 0.340 e. The third kappa shape index (κ3) is 5.20. The molecule has 2 amide bonds. The van der Waals surface area contributed by atoms with Gasteiger partial charge in [0.25, 0.3) is 10.1 Å². The van der Waals surface area contributed by atoms with Gasteiger partial charge in [-0.2, -0.15) is 8.42 Å². The van der Waals surface area contributed by atoms with Crippen LogP contribution in [0.15, 0.2) is 32.5 Å². The Morgan fingerprint density at radius 1 is 1.37 bits per heavy atom. The topological polar surface area (TPSA) is 217 Å². The lowest BCUT2D eigenvalue weighted by Gasteiger charge is -2.06. The summed E-state index contributed by atoms with van der Waals surface area (Å²) in [5.74, 6) is -2.74. The zero-order chi connectivity index (χ0) is 22.6. The first-order valence-corrected chi connectivity index (χ1v) is 9.57. The lowest BCUT2D eigenvalue weighted by molar-refractivity contribution is -0.136. The van der Waals surface area contributed by atoms with Crippen molar-refractivity contribution >= 4 is 44.6 Å². The van der Waals surface area contributed by atoms with Gasteiger partial charge in [0.05, 0.1) is 18.4 Å². The van der Waals surface area contributed by atoms with Crippen molar-refractivity contribution in [3.8, 4) is 0 Å². The Kier molecular flexibility index (Phi) is 6.56. The van der Waals surface area contributed by atoms with Gasteiger partial charge in [-0.15, -0.1) is 0 Å². The maximum Gasteiger partial charge on any atom is 0.340 e. The SMILES string of the molecule is Cc1c(CC(=O)O)c(=O)oc2cc(N=[N+]=[N-])ccc12.O=C1CC(S(=O)(=O)O)C(=O)N1. The Balaban J connectivity index is 0.000000248. The van der Waals surface area contributed by atoms with Gasteiger partial charge in [0.2, 0.25) is 11.8 Å². The molecule has 13 nitrogen and oxygen atoms in total. The number of nitrogens with one attached hydrogen (secondary N) is 1. The van der Waals surface area contributed by atoms with Crippen LogP contribution in [-0.2, 0) is 30.9 Å². The van der Waals surface area contributed by atoms with Crippen LogP contribution in [0, 0.1) is 6.92 Å². The summed E-state index contributed by atoms with van der Waals surface area (Å²) in [6.45, 7) is 1.66. The minimum absolute atomic E-state index is 0.122. The molecule has 0 aliphatic carbocycles. The fourth-order valence-corrected chi connectivity index (χ4v) is 3.31. The number of fused-ring (bicyclic) bond motifs is 1. The predicted molar refractivity (Wildman–Crippen MR) is 100 cm³/mol. The summed E-state index contributed by atoms with van der Waals surface area (Å²) >= 11 is 0. The van der Waals surface area contributed by atoms with Crippen LogP contribution < -0.4 is 10.9 Å². The van der Waals surface area contributed by atoms with Gasteiger partial charge in [-0.3, -0.25) is 24.3 Å². The zero-order valence-electron chi connectivity index (χ0n) is 15.2. The number of hydrogen-bond acceptors (Lipinski definition) is 8. The van der Waals surface area contributed by atoms with Gasteiger partial charge in [0.1, 0.15) is 5.58 Å². The van der Waals surface area contributed by atoms with Gasteiger partial charge < -0.3 is 9.52 Å². The largest absolute Gasteiger partial charge is 0.481 e. The summed E-state index contributed by atoms with van der Waals surface area (Å²) in [6, 6.07) is 4.64. The maximum atomic E-state index is 11.7. The van der Waals surface area contributed by atoms with Crippen molar-refractivity contribution in [2.45, 2.75) is 25.0 Å². The second kappa shape index (κ2) is 8.73. The van der Waals surface area contributed by atoms with Crippen molar-refractivity contribution in [1.29, 1.82) is 0 Å². The molecule has 158 valence electrons. The van der Waals surface area contributed by atoms with Gasteiger partial charge in [0, 0.05) is 16.0 Å². The van der Waals surface area contributed by atoms with E-state index in [1.807, 2.05) is 0 Å². The van der Waals surface area contributed by atoms with E-state index < -0.39 is 45.2 Å². The number of hydrogen-bond donors (Lipinski definition) is 3. The predicted octanol–water partition coefficient (Wildman–Crippen LogP) is 0.960. The molecular weight excluding hydrogens is 424 g/mol. The Morgan fingerprint density at radius 3 is 2.50 bits per heavy atom. The summed E-state index contributed by atoms with van der Waals surface area (Å²) in [6.07, 6.45) is -0.875. The fraction of sp³-hybridized carbons (Fsp3) is 0.250. The lowest BCUT2D eigenvalue weighted by atomic mass is 10.0. The summed E-state index contributed by atoms with van der Waals surface area (Å²) in [5.41, 5.74) is 8.92. The molecule has 1 fully saturated rings. The molecule has 1 saturated heterocycles. The quantitative estimate of drug-likeness (QED) is 0.154. The van der Waals surface area contributed by atoms with E-state index in [1.54, 1.807) is 24.4 Å². The Labute approximate surface area is 167 Å². The first-order valence-electron chi connectivity index (χ1n) is 8.07. The van der Waals surface area contributed by atoms with Crippen LogP contribution in [0.5, 0.6) is 0 Å². The Hall–Kier alpha value is -3.74. The highest BCUT2D eigenvalue weighted by Crippen LogP contribution is 2.24. The summed E-state index contributed by atoms with van der Waals surface area (Å²) in [4.78, 5) is 46.0. The molecular formula is C16H14N4O9S. The van der Waals surface area contributed by atoms with E-state index in [0.717, 1.165) is 0 Å². The molecule has 30 heavy (non-hydrogen) atoms. The van der Waals surface area contributed by atoms with Crippen molar-refractivity contribution in [3.05, 3.63) is 50.2 Å². The number of benzene rings is 1. The van der Waals surface area contributed by atoms with Crippen molar-refractivity contribution < 1.29 is 36.9 Å². The van der Waals surface area contributed by atoms with Gasteiger partial charge in [-0.25, -0.2) is 4.79 Å². The zero-order valence-corrected chi connectivity index (χ0v) is 16.0. The monoisotopic (exact) mass is 438 g/mol. The fourth-order valence-electron chi connectivity index (χ4n) is 2.62. The van der Waals surface area contributed by atoms with Crippen LogP contribution in [-0.4, -0.2) is 41.1 Å². The van der Waals surface area contributed by atoms with Crippen molar-refractivity contribution in [1.82, 2.24) is 5.32 Å². The van der Waals surface area contributed by atoms with Crippen molar-refractivity contribution in [2.75, 3.05) is 0 Å². The maximum absolute atomic E-state index is 11.7. The molecule has 1 aromatic carbocycles. The number of carboxylic acids is 1. The number of carbonyl (C=O) groups is 3. The molecule has 0 saturated carbocycles. The molecule has 2 heterocycles. The molecule has 0 bridgehead atoms. The third-order valence-electron chi connectivity index (χ3n) is 4.04. The average Bonchev–Trinajstić information content (AvgIpc) is 2.98. The molecule has 1 aromatic heterocycles. The second-order valence-corrected chi connectivity index (χ2v) is 7.65. The van der Waals surface area contributed by atoms with E-state index in [9.17, 15) is 27.6 Å². The highest BCUT2D eigenvalue weighted by Gasteiger charge is 2.39. The number of imide groups is 1. The Bertz CT molecular complexity index is 1260. The highest BCUT2D eigenvalue weighted by atomic mass is 32.2. The molecule has 3 rings (SSSR count). The molecule has 3 N–H and O–H groups in total. The highest BCUT2D eigenvalue weighted by molar-refractivity contribution is 7.87. The van der Waals surface area contributed by atoms with E-state index in [1.165, 1.54) is 6.07 Å². The summed E-state index contributed by atoms with van der Waals surface area (Å²) in [5, 5.41) is 12.9. The molecule has 2 aromatic rings. The van der Waals surface area contributed by atoms with E-state index in [0.29, 0.717) is 16.6 Å². The molecule has 1 aliphatic rings. The number of carboxylic acid groups (broad SMARTS) is 1. The lowest BCUT2D eigenvalue weighted by Crippen LogP contribution is -2.30. The van der Waals surface area contributed by atoms with Crippen molar-refractivity contribution in [2.24, 2.45) is 5.11 Å². The number of amides is 2.